The molecule has 0 radical (unpaired) electrons. The van der Waals surface area contributed by atoms with Gasteiger partial charge in [0.15, 0.2) is 0 Å². The van der Waals surface area contributed by atoms with Gasteiger partial charge >= 0.3 is 0 Å². The van der Waals surface area contributed by atoms with E-state index in [4.69, 9.17) is 4.74 Å². The number of morpholine rings is 1. The zero-order valence-electron chi connectivity index (χ0n) is 14.3. The van der Waals surface area contributed by atoms with E-state index in [0.717, 1.165) is 39.1 Å². The van der Waals surface area contributed by atoms with Crippen LogP contribution in [0.3, 0.4) is 0 Å². The predicted molar refractivity (Wildman–Crippen MR) is 89.1 cm³/mol. The van der Waals surface area contributed by atoms with Crippen molar-refractivity contribution in [2.45, 2.75) is 44.6 Å². The third kappa shape index (κ3) is 4.55. The van der Waals surface area contributed by atoms with E-state index in [1.54, 1.807) is 0 Å². The number of piperidine rings is 1. The van der Waals surface area contributed by atoms with Crippen molar-refractivity contribution in [2.24, 2.45) is 5.92 Å². The standard InChI is InChI=1S/C18H30N2O3/c1-15-2-3-16(12-15)13-17(21)20-6-4-18(22,5-7-20)14-19-8-10-23-11-9-19/h13,15,22H,2-12,14H2,1H3/b16-13+. The van der Waals surface area contributed by atoms with E-state index in [2.05, 4.69) is 11.8 Å². The maximum absolute atomic E-state index is 12.4. The first-order valence-corrected chi connectivity index (χ1v) is 9.05. The highest BCUT2D eigenvalue weighted by molar-refractivity contribution is 5.88. The lowest BCUT2D eigenvalue weighted by Gasteiger charge is -2.41. The Morgan fingerprint density at radius 1 is 1.30 bits per heavy atom. The molecule has 2 saturated heterocycles. The summed E-state index contributed by atoms with van der Waals surface area (Å²) in [6.07, 6.45) is 6.56. The molecule has 0 aromatic carbocycles. The van der Waals surface area contributed by atoms with E-state index in [1.165, 1.54) is 12.0 Å². The Morgan fingerprint density at radius 3 is 2.61 bits per heavy atom. The fourth-order valence-corrected chi connectivity index (χ4v) is 3.96. The van der Waals surface area contributed by atoms with Crippen molar-refractivity contribution in [3.63, 3.8) is 0 Å². The van der Waals surface area contributed by atoms with Crippen LogP contribution >= 0.6 is 0 Å². The van der Waals surface area contributed by atoms with Crippen LogP contribution in [0.15, 0.2) is 11.6 Å². The molecule has 1 unspecified atom stereocenters. The van der Waals surface area contributed by atoms with Gasteiger partial charge in [-0.15, -0.1) is 0 Å². The predicted octanol–water partition coefficient (Wildman–Crippen LogP) is 1.42. The Kier molecular flexibility index (Phi) is 5.39. The van der Waals surface area contributed by atoms with Gasteiger partial charge in [0.2, 0.25) is 5.91 Å². The number of amides is 1. The molecule has 0 aromatic rings. The number of aliphatic hydroxyl groups is 1. The number of likely N-dealkylation sites (tertiary alicyclic amines) is 1. The summed E-state index contributed by atoms with van der Waals surface area (Å²) in [7, 11) is 0. The summed E-state index contributed by atoms with van der Waals surface area (Å²) in [5.41, 5.74) is 0.653. The minimum absolute atomic E-state index is 0.141. The Hall–Kier alpha value is -0.910. The number of carbonyl (C=O) groups excluding carboxylic acids is 1. The van der Waals surface area contributed by atoms with Crippen LogP contribution in [-0.4, -0.2) is 72.4 Å². The number of carbonyl (C=O) groups is 1. The minimum atomic E-state index is -0.650. The summed E-state index contributed by atoms with van der Waals surface area (Å²) >= 11 is 0. The maximum atomic E-state index is 12.4. The molecule has 0 spiro atoms. The van der Waals surface area contributed by atoms with E-state index < -0.39 is 5.60 Å². The van der Waals surface area contributed by atoms with Crippen LogP contribution in [0.2, 0.25) is 0 Å². The van der Waals surface area contributed by atoms with Gasteiger partial charge in [-0.05, 0) is 38.0 Å². The zero-order chi connectivity index (χ0) is 16.3. The van der Waals surface area contributed by atoms with Crippen molar-refractivity contribution in [3.05, 3.63) is 11.6 Å². The Bertz CT molecular complexity index is 449. The topological polar surface area (TPSA) is 53.0 Å². The number of hydrogen-bond donors (Lipinski definition) is 1. The van der Waals surface area contributed by atoms with Gasteiger partial charge in [0.25, 0.3) is 0 Å². The van der Waals surface area contributed by atoms with Crippen molar-refractivity contribution in [3.8, 4) is 0 Å². The zero-order valence-corrected chi connectivity index (χ0v) is 14.3. The van der Waals surface area contributed by atoms with Crippen molar-refractivity contribution >= 4 is 5.91 Å². The lowest BCUT2D eigenvalue weighted by atomic mass is 9.90. The Morgan fingerprint density at radius 2 is 2.00 bits per heavy atom. The van der Waals surface area contributed by atoms with Crippen LogP contribution in [-0.2, 0) is 9.53 Å². The van der Waals surface area contributed by atoms with Gasteiger partial charge in [-0.25, -0.2) is 0 Å². The monoisotopic (exact) mass is 322 g/mol. The highest BCUT2D eigenvalue weighted by atomic mass is 16.5. The van der Waals surface area contributed by atoms with Crippen molar-refractivity contribution < 1.29 is 14.6 Å². The highest BCUT2D eigenvalue weighted by Crippen LogP contribution is 2.30. The molecule has 1 amide bonds. The van der Waals surface area contributed by atoms with Crippen molar-refractivity contribution in [1.82, 2.24) is 9.80 Å². The first-order valence-electron chi connectivity index (χ1n) is 9.05. The quantitative estimate of drug-likeness (QED) is 0.799. The van der Waals surface area contributed by atoms with E-state index in [-0.39, 0.29) is 5.91 Å². The van der Waals surface area contributed by atoms with Crippen molar-refractivity contribution in [1.29, 1.82) is 0 Å². The normalized spacial score (nSPS) is 30.8. The van der Waals surface area contributed by atoms with Gasteiger partial charge in [-0.3, -0.25) is 9.69 Å². The third-order valence-corrected chi connectivity index (χ3v) is 5.52. The van der Waals surface area contributed by atoms with Gasteiger partial charge in [0, 0.05) is 38.8 Å². The molecule has 3 aliphatic rings. The SMILES string of the molecule is CC1CC/C(=C\C(=O)N2CCC(O)(CN3CCOCC3)CC2)C1. The number of hydrogen-bond acceptors (Lipinski definition) is 4. The van der Waals surface area contributed by atoms with Crippen LogP contribution in [0.5, 0.6) is 0 Å². The molecule has 2 aliphatic heterocycles. The first-order chi connectivity index (χ1) is 11.0. The second-order valence-electron chi connectivity index (χ2n) is 7.59. The lowest BCUT2D eigenvalue weighted by molar-refractivity contribution is -0.131. The molecular weight excluding hydrogens is 292 g/mol. The van der Waals surface area contributed by atoms with Gasteiger partial charge < -0.3 is 14.7 Å². The van der Waals surface area contributed by atoms with Gasteiger partial charge in [-0.1, -0.05) is 12.5 Å². The average Bonchev–Trinajstić information content (AvgIpc) is 2.93. The maximum Gasteiger partial charge on any atom is 0.246 e. The van der Waals surface area contributed by atoms with Crippen LogP contribution in [0.25, 0.3) is 0 Å². The second-order valence-corrected chi connectivity index (χ2v) is 7.59. The fraction of sp³-hybridized carbons (Fsp3) is 0.833. The number of rotatable bonds is 3. The molecule has 0 aromatic heterocycles. The van der Waals surface area contributed by atoms with Gasteiger partial charge in [-0.2, -0.15) is 0 Å². The Labute approximate surface area is 139 Å². The molecule has 0 bridgehead atoms. The summed E-state index contributed by atoms with van der Waals surface area (Å²) in [5, 5.41) is 10.8. The minimum Gasteiger partial charge on any atom is -0.388 e. The highest BCUT2D eigenvalue weighted by Gasteiger charge is 2.35. The largest absolute Gasteiger partial charge is 0.388 e. The van der Waals surface area contributed by atoms with E-state index in [0.29, 0.717) is 38.4 Å². The molecule has 2 heterocycles. The average molecular weight is 322 g/mol. The number of allylic oxidation sites excluding steroid dienone is 1. The molecule has 3 rings (SSSR count). The number of β-amino-alcohol motifs (C(OH)–C–C–N with tert-alkyl or cyclic N) is 1. The lowest BCUT2D eigenvalue weighted by Crippen LogP contribution is -2.53. The fourth-order valence-electron chi connectivity index (χ4n) is 3.96. The third-order valence-electron chi connectivity index (χ3n) is 5.52. The van der Waals surface area contributed by atoms with Gasteiger partial charge in [0.05, 0.1) is 18.8 Å². The molecule has 3 fully saturated rings. The second kappa shape index (κ2) is 7.32. The van der Waals surface area contributed by atoms with Crippen LogP contribution in [0.1, 0.15) is 39.0 Å². The molecule has 1 aliphatic carbocycles. The molecule has 23 heavy (non-hydrogen) atoms. The smallest absolute Gasteiger partial charge is 0.246 e. The molecule has 1 atom stereocenters. The summed E-state index contributed by atoms with van der Waals surface area (Å²) in [4.78, 5) is 16.6. The van der Waals surface area contributed by atoms with E-state index in [1.807, 2.05) is 11.0 Å². The number of ether oxygens (including phenoxy) is 1. The van der Waals surface area contributed by atoms with Crippen LogP contribution < -0.4 is 0 Å². The Balaban J connectivity index is 1.48. The van der Waals surface area contributed by atoms with Gasteiger partial charge in [0.1, 0.15) is 0 Å². The molecule has 1 saturated carbocycles. The molecule has 5 nitrogen and oxygen atoms in total. The summed E-state index contributed by atoms with van der Waals surface area (Å²) in [6, 6.07) is 0. The molecular formula is C18H30N2O3. The summed E-state index contributed by atoms with van der Waals surface area (Å²) in [5.74, 6) is 0.858. The van der Waals surface area contributed by atoms with E-state index in [9.17, 15) is 9.90 Å². The number of nitrogens with zero attached hydrogens (tertiary/aromatic N) is 2. The van der Waals surface area contributed by atoms with Crippen molar-refractivity contribution in [2.75, 3.05) is 45.9 Å². The van der Waals surface area contributed by atoms with Crippen LogP contribution in [0.4, 0.5) is 0 Å². The summed E-state index contributed by atoms with van der Waals surface area (Å²) in [6.45, 7) is 7.59. The first kappa shape index (κ1) is 16.9. The molecule has 5 heteroatoms. The molecule has 1 N–H and O–H groups in total. The summed E-state index contributed by atoms with van der Waals surface area (Å²) < 4.78 is 5.36. The molecule has 130 valence electrons. The van der Waals surface area contributed by atoms with Crippen LogP contribution in [0, 0.1) is 5.92 Å². The van der Waals surface area contributed by atoms with E-state index >= 15 is 0 Å².